The van der Waals surface area contributed by atoms with Crippen LogP contribution < -0.4 is 4.72 Å². The van der Waals surface area contributed by atoms with Crippen LogP contribution >= 0.6 is 11.3 Å². The molecule has 0 unspecified atom stereocenters. The van der Waals surface area contributed by atoms with E-state index in [4.69, 9.17) is 4.74 Å². The van der Waals surface area contributed by atoms with Crippen LogP contribution in [0, 0.1) is 0 Å². The van der Waals surface area contributed by atoms with Crippen molar-refractivity contribution in [2.24, 2.45) is 0 Å². The van der Waals surface area contributed by atoms with Crippen LogP contribution in [0.1, 0.15) is 28.0 Å². The molecule has 1 aliphatic heterocycles. The smallest absolute Gasteiger partial charge is 0.240 e. The second-order valence-electron chi connectivity index (χ2n) is 6.03. The molecular formula is C17H21N3O4S2. The number of nitrogens with one attached hydrogen (secondary N) is 1. The molecule has 3 rings (SSSR count). The predicted molar refractivity (Wildman–Crippen MR) is 98.7 cm³/mol. The minimum atomic E-state index is -3.64. The average molecular weight is 396 g/mol. The van der Waals surface area contributed by atoms with Gasteiger partial charge in [-0.1, -0.05) is 12.1 Å². The molecule has 0 saturated carbocycles. The Hall–Kier alpha value is -1.65. The number of thiazole rings is 1. The van der Waals surface area contributed by atoms with Gasteiger partial charge in [-0.3, -0.25) is 9.69 Å². The number of Topliss-reactive ketones (excluding diaryl/α,β-unsaturated/α-hetero) is 1. The molecule has 0 amide bonds. The first kappa shape index (κ1) is 19.1. The van der Waals surface area contributed by atoms with Crippen LogP contribution in [0.3, 0.4) is 0 Å². The molecule has 2 aromatic rings. The molecule has 1 aromatic heterocycles. The maximum Gasteiger partial charge on any atom is 0.240 e. The van der Waals surface area contributed by atoms with Gasteiger partial charge in [-0.25, -0.2) is 18.1 Å². The van der Waals surface area contributed by atoms with Crippen molar-refractivity contribution in [1.82, 2.24) is 14.6 Å². The maximum absolute atomic E-state index is 12.4. The fourth-order valence-electron chi connectivity index (χ4n) is 2.60. The lowest BCUT2D eigenvalue weighted by Crippen LogP contribution is -2.35. The summed E-state index contributed by atoms with van der Waals surface area (Å²) in [4.78, 5) is 18.2. The number of aromatic nitrogens is 1. The molecule has 7 nitrogen and oxygen atoms in total. The summed E-state index contributed by atoms with van der Waals surface area (Å²) in [7, 11) is -3.64. The normalized spacial score (nSPS) is 15.9. The summed E-state index contributed by atoms with van der Waals surface area (Å²) in [6, 6.07) is 5.90. The van der Waals surface area contributed by atoms with E-state index >= 15 is 0 Å². The lowest BCUT2D eigenvalue weighted by atomic mass is 10.2. The molecular weight excluding hydrogens is 374 g/mol. The number of morpholine rings is 1. The second-order valence-corrected chi connectivity index (χ2v) is 8.74. The van der Waals surface area contributed by atoms with Crippen LogP contribution in [-0.2, 0) is 27.8 Å². The minimum absolute atomic E-state index is 0.0995. The SMILES string of the molecule is CC(=O)c1ccc(S(=O)(=O)NCc2nc(CN3CCOCC3)cs2)cc1. The predicted octanol–water partition coefficient (Wildman–Crippen LogP) is 1.66. The molecule has 140 valence electrons. The Morgan fingerprint density at radius 3 is 2.62 bits per heavy atom. The summed E-state index contributed by atoms with van der Waals surface area (Å²) < 4.78 is 32.6. The number of nitrogens with zero attached hydrogens (tertiary/aromatic N) is 2. The average Bonchev–Trinajstić information content (AvgIpc) is 3.08. The largest absolute Gasteiger partial charge is 0.379 e. The zero-order chi connectivity index (χ0) is 18.6. The highest BCUT2D eigenvalue weighted by Gasteiger charge is 2.16. The van der Waals surface area contributed by atoms with Crippen LogP contribution in [0.25, 0.3) is 0 Å². The molecule has 0 aliphatic carbocycles. The van der Waals surface area contributed by atoms with Gasteiger partial charge in [0.05, 0.1) is 30.3 Å². The molecule has 1 N–H and O–H groups in total. The van der Waals surface area contributed by atoms with Gasteiger partial charge < -0.3 is 4.74 Å². The van der Waals surface area contributed by atoms with Crippen molar-refractivity contribution < 1.29 is 17.9 Å². The van der Waals surface area contributed by atoms with Gasteiger partial charge in [-0.2, -0.15) is 0 Å². The number of ketones is 1. The van der Waals surface area contributed by atoms with Gasteiger partial charge in [-0.05, 0) is 19.1 Å². The van der Waals surface area contributed by atoms with Crippen molar-refractivity contribution in [3.05, 3.63) is 45.9 Å². The molecule has 1 fully saturated rings. The Kier molecular flexibility index (Phi) is 6.15. The molecule has 0 radical (unpaired) electrons. The van der Waals surface area contributed by atoms with Crippen molar-refractivity contribution in [3.63, 3.8) is 0 Å². The molecule has 26 heavy (non-hydrogen) atoms. The monoisotopic (exact) mass is 395 g/mol. The van der Waals surface area contributed by atoms with Gasteiger partial charge >= 0.3 is 0 Å². The minimum Gasteiger partial charge on any atom is -0.379 e. The zero-order valence-corrected chi connectivity index (χ0v) is 16.1. The van der Waals surface area contributed by atoms with Crippen LogP contribution in [0.5, 0.6) is 0 Å². The van der Waals surface area contributed by atoms with Crippen LogP contribution in [0.2, 0.25) is 0 Å². The second kappa shape index (κ2) is 8.36. The number of carbonyl (C=O) groups excluding carboxylic acids is 1. The number of sulfonamides is 1. The van der Waals surface area contributed by atoms with Gasteiger partial charge in [-0.15, -0.1) is 11.3 Å². The highest BCUT2D eigenvalue weighted by Crippen LogP contribution is 2.15. The fourth-order valence-corrected chi connectivity index (χ4v) is 4.40. The van der Waals surface area contributed by atoms with Gasteiger partial charge in [0.1, 0.15) is 5.01 Å². The topological polar surface area (TPSA) is 88.6 Å². The van der Waals surface area contributed by atoms with Crippen molar-refractivity contribution in [1.29, 1.82) is 0 Å². The zero-order valence-electron chi connectivity index (χ0n) is 14.5. The molecule has 1 saturated heterocycles. The fraction of sp³-hybridized carbons (Fsp3) is 0.412. The Balaban J connectivity index is 1.58. The molecule has 1 aromatic carbocycles. The highest BCUT2D eigenvalue weighted by atomic mass is 32.2. The summed E-state index contributed by atoms with van der Waals surface area (Å²) in [5, 5.41) is 2.68. The van der Waals surface area contributed by atoms with Crippen molar-refractivity contribution in [3.8, 4) is 0 Å². The van der Waals surface area contributed by atoms with Gasteiger partial charge in [0.25, 0.3) is 0 Å². The standard InChI is InChI=1S/C17H21N3O4S2/c1-13(21)14-2-4-16(5-3-14)26(22,23)18-10-17-19-15(12-25-17)11-20-6-8-24-9-7-20/h2-5,12,18H,6-11H2,1H3. The van der Waals surface area contributed by atoms with Crippen LogP contribution in [0.15, 0.2) is 34.5 Å². The molecule has 9 heteroatoms. The maximum atomic E-state index is 12.4. The quantitative estimate of drug-likeness (QED) is 0.717. The molecule has 2 heterocycles. The Bertz CT molecular complexity index is 856. The van der Waals surface area contributed by atoms with Gasteiger partial charge in [0, 0.05) is 30.6 Å². The van der Waals surface area contributed by atoms with E-state index < -0.39 is 10.0 Å². The van der Waals surface area contributed by atoms with Crippen molar-refractivity contribution >= 4 is 27.1 Å². The summed E-state index contributed by atoms with van der Waals surface area (Å²) in [5.74, 6) is -0.0995. The third-order valence-corrected chi connectivity index (χ3v) is 6.39. The molecule has 0 spiro atoms. The lowest BCUT2D eigenvalue weighted by Gasteiger charge is -2.25. The number of carbonyl (C=O) groups is 1. The Labute approximate surface area is 157 Å². The van der Waals surface area contributed by atoms with Crippen molar-refractivity contribution in [2.45, 2.75) is 24.9 Å². The van der Waals surface area contributed by atoms with Gasteiger partial charge in [0.2, 0.25) is 10.0 Å². The Morgan fingerprint density at radius 2 is 1.96 bits per heavy atom. The number of hydrogen-bond donors (Lipinski definition) is 1. The number of rotatable bonds is 7. The van der Waals surface area contributed by atoms with E-state index in [1.165, 1.54) is 42.5 Å². The molecule has 1 aliphatic rings. The van der Waals surface area contributed by atoms with E-state index in [9.17, 15) is 13.2 Å². The van der Waals surface area contributed by atoms with Crippen molar-refractivity contribution in [2.75, 3.05) is 26.3 Å². The Morgan fingerprint density at radius 1 is 1.27 bits per heavy atom. The third kappa shape index (κ3) is 4.95. The summed E-state index contributed by atoms with van der Waals surface area (Å²) in [5.41, 5.74) is 1.42. The summed E-state index contributed by atoms with van der Waals surface area (Å²) in [6.07, 6.45) is 0. The van der Waals surface area contributed by atoms with E-state index in [1.807, 2.05) is 5.38 Å². The van der Waals surface area contributed by atoms with E-state index in [0.717, 1.165) is 43.5 Å². The molecule has 0 bridgehead atoms. The first-order chi connectivity index (χ1) is 12.4. The summed E-state index contributed by atoms with van der Waals surface area (Å²) in [6.45, 7) is 5.58. The first-order valence-electron chi connectivity index (χ1n) is 8.28. The third-order valence-electron chi connectivity index (χ3n) is 4.07. The number of benzene rings is 1. The highest BCUT2D eigenvalue weighted by molar-refractivity contribution is 7.89. The number of ether oxygens (including phenoxy) is 1. The first-order valence-corrected chi connectivity index (χ1v) is 10.6. The van der Waals surface area contributed by atoms with E-state index in [0.29, 0.717) is 5.56 Å². The number of hydrogen-bond acceptors (Lipinski definition) is 7. The summed E-state index contributed by atoms with van der Waals surface area (Å²) >= 11 is 1.44. The van der Waals surface area contributed by atoms with Crippen LogP contribution in [0.4, 0.5) is 0 Å². The van der Waals surface area contributed by atoms with Crippen LogP contribution in [-0.4, -0.2) is 50.4 Å². The van der Waals surface area contributed by atoms with E-state index in [-0.39, 0.29) is 17.2 Å². The lowest BCUT2D eigenvalue weighted by molar-refractivity contribution is 0.0337. The van der Waals surface area contributed by atoms with E-state index in [1.54, 1.807) is 0 Å². The van der Waals surface area contributed by atoms with E-state index in [2.05, 4.69) is 14.6 Å². The molecule has 0 atom stereocenters. The van der Waals surface area contributed by atoms with Gasteiger partial charge in [0.15, 0.2) is 5.78 Å².